The lowest BCUT2D eigenvalue weighted by molar-refractivity contribution is 0.0871. The van der Waals surface area contributed by atoms with E-state index in [-0.39, 0.29) is 5.78 Å². The highest BCUT2D eigenvalue weighted by Crippen LogP contribution is 2.42. The number of rotatable bonds is 2. The van der Waals surface area contributed by atoms with Crippen LogP contribution in [0.5, 0.6) is 11.5 Å². The predicted octanol–water partition coefficient (Wildman–Crippen LogP) is 3.30. The summed E-state index contributed by atoms with van der Waals surface area (Å²) in [7, 11) is 0. The Bertz CT molecular complexity index is 839. The average Bonchev–Trinajstić information content (AvgIpc) is 2.93. The topological polar surface area (TPSA) is 51.7 Å². The molecule has 0 saturated heterocycles. The molecule has 4 rings (SSSR count). The molecule has 0 spiro atoms. The largest absolute Gasteiger partial charge is 0.478 e. The van der Waals surface area contributed by atoms with Crippen molar-refractivity contribution in [3.05, 3.63) is 64.7 Å². The van der Waals surface area contributed by atoms with Gasteiger partial charge in [0, 0.05) is 25.5 Å². The number of pyridine rings is 1. The monoisotopic (exact) mass is 322 g/mol. The van der Waals surface area contributed by atoms with Crippen molar-refractivity contribution in [2.24, 2.45) is 0 Å². The molecule has 0 bridgehead atoms. The van der Waals surface area contributed by atoms with Crippen molar-refractivity contribution >= 4 is 5.78 Å². The molecule has 0 radical (unpaired) electrons. The van der Waals surface area contributed by atoms with Gasteiger partial charge in [0.15, 0.2) is 5.76 Å². The van der Waals surface area contributed by atoms with Crippen LogP contribution in [0.1, 0.15) is 35.3 Å². The van der Waals surface area contributed by atoms with Crippen LogP contribution >= 0.6 is 0 Å². The second kappa shape index (κ2) is 5.76. The summed E-state index contributed by atoms with van der Waals surface area (Å²) in [5.74, 6) is 1.82. The minimum Gasteiger partial charge on any atom is -0.478 e. The van der Waals surface area contributed by atoms with Crippen molar-refractivity contribution in [3.8, 4) is 11.5 Å². The van der Waals surface area contributed by atoms with E-state index in [1.54, 1.807) is 12.3 Å². The number of carbonyl (C=O) groups excluding carboxylic acids is 1. The SMILES string of the molecule is CC(C)=C1Oc2c(ccc3c2CN(Cc2cccnc2)CO3)C1=O. The molecule has 1 aromatic heterocycles. The van der Waals surface area contributed by atoms with Gasteiger partial charge in [0.1, 0.15) is 18.2 Å². The molecule has 0 fully saturated rings. The number of nitrogens with zero attached hydrogens (tertiary/aromatic N) is 2. The zero-order valence-electron chi connectivity index (χ0n) is 13.7. The summed E-state index contributed by atoms with van der Waals surface area (Å²) >= 11 is 0. The molecule has 24 heavy (non-hydrogen) atoms. The fourth-order valence-electron chi connectivity index (χ4n) is 3.07. The molecular formula is C19H18N2O3. The number of ether oxygens (including phenoxy) is 2. The number of ketones is 1. The molecule has 3 heterocycles. The van der Waals surface area contributed by atoms with E-state index >= 15 is 0 Å². The van der Waals surface area contributed by atoms with E-state index in [1.807, 2.05) is 38.2 Å². The van der Waals surface area contributed by atoms with E-state index in [0.29, 0.717) is 30.3 Å². The molecule has 0 unspecified atom stereocenters. The van der Waals surface area contributed by atoms with Crippen LogP contribution in [0.25, 0.3) is 0 Å². The van der Waals surface area contributed by atoms with E-state index in [1.165, 1.54) is 0 Å². The van der Waals surface area contributed by atoms with Crippen LogP contribution in [-0.2, 0) is 13.1 Å². The maximum Gasteiger partial charge on any atom is 0.231 e. The number of fused-ring (bicyclic) bond motifs is 3. The lowest BCUT2D eigenvalue weighted by atomic mass is 10.0. The molecule has 122 valence electrons. The van der Waals surface area contributed by atoms with Crippen LogP contribution < -0.4 is 9.47 Å². The van der Waals surface area contributed by atoms with Gasteiger partial charge in [0.05, 0.1) is 11.1 Å². The Balaban J connectivity index is 1.65. The number of hydrogen-bond acceptors (Lipinski definition) is 5. The van der Waals surface area contributed by atoms with Gasteiger partial charge in [0.25, 0.3) is 0 Å². The van der Waals surface area contributed by atoms with Crippen LogP contribution in [0.3, 0.4) is 0 Å². The van der Waals surface area contributed by atoms with E-state index < -0.39 is 0 Å². The zero-order valence-corrected chi connectivity index (χ0v) is 13.7. The molecule has 2 aromatic rings. The van der Waals surface area contributed by atoms with Crippen LogP contribution in [0.15, 0.2) is 48.0 Å². The molecule has 0 amide bonds. The summed E-state index contributed by atoms with van der Waals surface area (Å²) < 4.78 is 11.8. The third kappa shape index (κ3) is 2.47. The first-order chi connectivity index (χ1) is 11.6. The van der Waals surface area contributed by atoms with Crippen LogP contribution in [0.2, 0.25) is 0 Å². The van der Waals surface area contributed by atoms with Gasteiger partial charge in [-0.05, 0) is 43.2 Å². The zero-order chi connectivity index (χ0) is 16.7. The van der Waals surface area contributed by atoms with Crippen molar-refractivity contribution in [3.63, 3.8) is 0 Å². The van der Waals surface area contributed by atoms with E-state index in [9.17, 15) is 4.79 Å². The van der Waals surface area contributed by atoms with E-state index in [0.717, 1.165) is 29.0 Å². The fraction of sp³-hybridized carbons (Fsp3) is 0.263. The standard InChI is InChI=1S/C19H18N2O3/c1-12(2)18-17(22)14-5-6-16-15(19(14)24-18)10-21(11-23-16)9-13-4-3-7-20-8-13/h3-8H,9-11H2,1-2H3. The van der Waals surface area contributed by atoms with Gasteiger partial charge in [-0.25, -0.2) is 0 Å². The molecule has 0 saturated carbocycles. The fourth-order valence-corrected chi connectivity index (χ4v) is 3.07. The minimum absolute atomic E-state index is 0.0443. The van der Waals surface area contributed by atoms with Crippen molar-refractivity contribution in [2.75, 3.05) is 6.73 Å². The highest BCUT2D eigenvalue weighted by Gasteiger charge is 2.34. The highest BCUT2D eigenvalue weighted by molar-refractivity contribution is 6.13. The number of aromatic nitrogens is 1. The molecule has 0 N–H and O–H groups in total. The number of allylic oxidation sites excluding steroid dienone is 2. The maximum absolute atomic E-state index is 12.5. The third-order valence-electron chi connectivity index (χ3n) is 4.24. The first-order valence-corrected chi connectivity index (χ1v) is 7.93. The van der Waals surface area contributed by atoms with Gasteiger partial charge in [-0.3, -0.25) is 14.7 Å². The van der Waals surface area contributed by atoms with Crippen LogP contribution in [0, 0.1) is 0 Å². The maximum atomic E-state index is 12.5. The normalized spacial score (nSPS) is 16.2. The molecule has 5 nitrogen and oxygen atoms in total. The summed E-state index contributed by atoms with van der Waals surface area (Å²) in [6.07, 6.45) is 3.62. The summed E-state index contributed by atoms with van der Waals surface area (Å²) in [5.41, 5.74) is 3.57. The molecule has 1 aromatic carbocycles. The van der Waals surface area contributed by atoms with Crippen molar-refractivity contribution in [1.82, 2.24) is 9.88 Å². The first kappa shape index (κ1) is 14.9. The Morgan fingerprint density at radius 2 is 2.17 bits per heavy atom. The quantitative estimate of drug-likeness (QED) is 0.794. The van der Waals surface area contributed by atoms with Crippen molar-refractivity contribution in [1.29, 1.82) is 0 Å². The van der Waals surface area contributed by atoms with Crippen LogP contribution in [-0.4, -0.2) is 22.4 Å². The average molecular weight is 322 g/mol. The first-order valence-electron chi connectivity index (χ1n) is 7.93. The predicted molar refractivity (Wildman–Crippen MR) is 88.8 cm³/mol. The second-order valence-corrected chi connectivity index (χ2v) is 6.30. The van der Waals surface area contributed by atoms with Gasteiger partial charge in [-0.1, -0.05) is 6.07 Å². The molecule has 5 heteroatoms. The van der Waals surface area contributed by atoms with E-state index in [4.69, 9.17) is 9.47 Å². The number of Topliss-reactive ketones (excluding diaryl/α,β-unsaturated/α-hetero) is 1. The van der Waals surface area contributed by atoms with Crippen molar-refractivity contribution in [2.45, 2.75) is 26.9 Å². The highest BCUT2D eigenvalue weighted by atomic mass is 16.5. The number of carbonyl (C=O) groups is 1. The molecule has 0 aliphatic carbocycles. The summed E-state index contributed by atoms with van der Waals surface area (Å²) in [5, 5.41) is 0. The lowest BCUT2D eigenvalue weighted by Gasteiger charge is -2.29. The third-order valence-corrected chi connectivity index (χ3v) is 4.24. The van der Waals surface area contributed by atoms with E-state index in [2.05, 4.69) is 9.88 Å². The lowest BCUT2D eigenvalue weighted by Crippen LogP contribution is -2.31. The molecular weight excluding hydrogens is 304 g/mol. The smallest absolute Gasteiger partial charge is 0.231 e. The minimum atomic E-state index is -0.0443. The van der Waals surface area contributed by atoms with Gasteiger partial charge < -0.3 is 9.47 Å². The van der Waals surface area contributed by atoms with Crippen LogP contribution in [0.4, 0.5) is 0 Å². The van der Waals surface area contributed by atoms with Gasteiger partial charge in [-0.15, -0.1) is 0 Å². The Kier molecular flexibility index (Phi) is 3.58. The Morgan fingerprint density at radius 1 is 1.29 bits per heavy atom. The Labute approximate surface area is 140 Å². The van der Waals surface area contributed by atoms with Gasteiger partial charge in [-0.2, -0.15) is 0 Å². The summed E-state index contributed by atoms with van der Waals surface area (Å²) in [6.45, 7) is 5.69. The van der Waals surface area contributed by atoms with Gasteiger partial charge >= 0.3 is 0 Å². The van der Waals surface area contributed by atoms with Crippen molar-refractivity contribution < 1.29 is 14.3 Å². The Morgan fingerprint density at radius 3 is 2.92 bits per heavy atom. The summed E-state index contributed by atoms with van der Waals surface area (Å²) in [4.78, 5) is 18.8. The molecule has 2 aliphatic rings. The molecule has 2 aliphatic heterocycles. The number of benzene rings is 1. The number of hydrogen-bond donors (Lipinski definition) is 0. The second-order valence-electron chi connectivity index (χ2n) is 6.30. The van der Waals surface area contributed by atoms with Gasteiger partial charge in [0.2, 0.25) is 5.78 Å². The Hall–Kier alpha value is -2.66. The molecule has 0 atom stereocenters. The summed E-state index contributed by atoms with van der Waals surface area (Å²) in [6, 6.07) is 7.63.